The molecule has 1 unspecified atom stereocenters. The summed E-state index contributed by atoms with van der Waals surface area (Å²) >= 11 is 1.34. The molecule has 0 fully saturated rings. The van der Waals surface area contributed by atoms with Gasteiger partial charge in [0.25, 0.3) is 5.91 Å². The molecule has 37 heavy (non-hydrogen) atoms. The third-order valence-electron chi connectivity index (χ3n) is 6.15. The topological polar surface area (TPSA) is 101 Å². The fourth-order valence-electron chi connectivity index (χ4n) is 3.74. The molecular formula is C28H32N6O2S. The second kappa shape index (κ2) is 12.3. The SMILES string of the molecule is CCC(C)CCNc1cc(-c2cccc(-c3csc(NC(=O)CNC(=O)c4ccn(C)c4)n3)c2)ccn1. The molecule has 4 aromatic rings. The maximum atomic E-state index is 12.3. The van der Waals surface area contributed by atoms with Crippen molar-refractivity contribution in [3.8, 4) is 22.4 Å². The molecule has 192 valence electrons. The summed E-state index contributed by atoms with van der Waals surface area (Å²) in [5, 5.41) is 11.2. The molecule has 0 radical (unpaired) electrons. The lowest BCUT2D eigenvalue weighted by Gasteiger charge is -2.11. The van der Waals surface area contributed by atoms with Gasteiger partial charge in [-0.3, -0.25) is 9.59 Å². The van der Waals surface area contributed by atoms with Crippen LogP contribution < -0.4 is 16.0 Å². The Kier molecular flexibility index (Phi) is 8.68. The number of carbonyl (C=O) groups excluding carboxylic acids is 2. The number of pyridine rings is 1. The molecule has 0 spiro atoms. The fraction of sp³-hybridized carbons (Fsp3) is 0.286. The molecule has 1 atom stereocenters. The molecule has 2 amide bonds. The molecule has 0 bridgehead atoms. The molecule has 3 N–H and O–H groups in total. The number of thiazole rings is 1. The van der Waals surface area contributed by atoms with Crippen LogP contribution in [0.2, 0.25) is 0 Å². The Bertz CT molecular complexity index is 1360. The van der Waals surface area contributed by atoms with E-state index in [0.717, 1.165) is 41.2 Å². The first-order chi connectivity index (χ1) is 17.9. The van der Waals surface area contributed by atoms with Crippen LogP contribution >= 0.6 is 11.3 Å². The monoisotopic (exact) mass is 516 g/mol. The number of benzene rings is 1. The van der Waals surface area contributed by atoms with Gasteiger partial charge >= 0.3 is 0 Å². The lowest BCUT2D eigenvalue weighted by Crippen LogP contribution is -2.32. The summed E-state index contributed by atoms with van der Waals surface area (Å²) in [5.41, 5.74) is 4.37. The average molecular weight is 517 g/mol. The number of nitrogens with one attached hydrogen (secondary N) is 3. The third-order valence-corrected chi connectivity index (χ3v) is 6.90. The van der Waals surface area contributed by atoms with Crippen LogP contribution in [0, 0.1) is 5.92 Å². The van der Waals surface area contributed by atoms with E-state index >= 15 is 0 Å². The zero-order valence-electron chi connectivity index (χ0n) is 21.3. The molecule has 0 aliphatic heterocycles. The number of hydrogen-bond donors (Lipinski definition) is 3. The predicted octanol–water partition coefficient (Wildman–Crippen LogP) is 5.43. The van der Waals surface area contributed by atoms with Crippen LogP contribution in [0.25, 0.3) is 22.4 Å². The number of aromatic nitrogens is 3. The molecule has 4 rings (SSSR count). The molecule has 0 aliphatic carbocycles. The number of amides is 2. The first-order valence-electron chi connectivity index (χ1n) is 12.4. The molecular weight excluding hydrogens is 484 g/mol. The Morgan fingerprint density at radius 3 is 2.70 bits per heavy atom. The van der Waals surface area contributed by atoms with Crippen molar-refractivity contribution in [3.05, 3.63) is 72.0 Å². The highest BCUT2D eigenvalue weighted by molar-refractivity contribution is 7.14. The summed E-state index contributed by atoms with van der Waals surface area (Å²) in [6, 6.07) is 13.9. The Morgan fingerprint density at radius 1 is 1.11 bits per heavy atom. The van der Waals surface area contributed by atoms with E-state index in [2.05, 4.69) is 58.0 Å². The number of anilines is 2. The van der Waals surface area contributed by atoms with E-state index in [1.165, 1.54) is 17.8 Å². The Balaban J connectivity index is 1.36. The van der Waals surface area contributed by atoms with E-state index in [4.69, 9.17) is 0 Å². The highest BCUT2D eigenvalue weighted by Gasteiger charge is 2.12. The van der Waals surface area contributed by atoms with Gasteiger partial charge in [0.05, 0.1) is 17.8 Å². The number of carbonyl (C=O) groups is 2. The fourth-order valence-corrected chi connectivity index (χ4v) is 4.48. The molecule has 3 aromatic heterocycles. The normalized spacial score (nSPS) is 11.6. The zero-order valence-corrected chi connectivity index (χ0v) is 22.1. The van der Waals surface area contributed by atoms with Gasteiger partial charge in [0.1, 0.15) is 5.82 Å². The molecule has 0 aliphatic rings. The molecule has 9 heteroatoms. The predicted molar refractivity (Wildman–Crippen MR) is 150 cm³/mol. The smallest absolute Gasteiger partial charge is 0.253 e. The van der Waals surface area contributed by atoms with Crippen molar-refractivity contribution < 1.29 is 9.59 Å². The highest BCUT2D eigenvalue weighted by atomic mass is 32.1. The maximum Gasteiger partial charge on any atom is 0.253 e. The van der Waals surface area contributed by atoms with Crippen LogP contribution in [-0.4, -0.2) is 39.4 Å². The molecule has 1 aromatic carbocycles. The van der Waals surface area contributed by atoms with Gasteiger partial charge in [-0.15, -0.1) is 11.3 Å². The van der Waals surface area contributed by atoms with Gasteiger partial charge in [0.2, 0.25) is 5.91 Å². The summed E-state index contributed by atoms with van der Waals surface area (Å²) in [6.07, 6.45) is 7.59. The van der Waals surface area contributed by atoms with E-state index < -0.39 is 0 Å². The molecule has 8 nitrogen and oxygen atoms in total. The van der Waals surface area contributed by atoms with Crippen LogP contribution in [0.3, 0.4) is 0 Å². The van der Waals surface area contributed by atoms with E-state index in [1.807, 2.05) is 36.8 Å². The molecule has 0 saturated carbocycles. The van der Waals surface area contributed by atoms with Gasteiger partial charge in [-0.25, -0.2) is 9.97 Å². The number of aryl methyl sites for hydroxylation is 1. The Morgan fingerprint density at radius 2 is 1.92 bits per heavy atom. The van der Waals surface area contributed by atoms with E-state index in [9.17, 15) is 9.59 Å². The van der Waals surface area contributed by atoms with Crippen LogP contribution in [-0.2, 0) is 11.8 Å². The maximum absolute atomic E-state index is 12.3. The van der Waals surface area contributed by atoms with Gasteiger partial charge in [0, 0.05) is 43.1 Å². The van der Waals surface area contributed by atoms with Crippen molar-refractivity contribution >= 4 is 34.1 Å². The largest absolute Gasteiger partial charge is 0.370 e. The van der Waals surface area contributed by atoms with Crippen LogP contribution in [0.1, 0.15) is 37.0 Å². The number of rotatable bonds is 11. The minimum Gasteiger partial charge on any atom is -0.370 e. The lowest BCUT2D eigenvalue weighted by molar-refractivity contribution is -0.115. The van der Waals surface area contributed by atoms with Crippen LogP contribution in [0.15, 0.2) is 66.4 Å². The average Bonchev–Trinajstić information content (AvgIpc) is 3.56. The Labute approximate surface area is 221 Å². The summed E-state index contributed by atoms with van der Waals surface area (Å²) in [4.78, 5) is 33.5. The molecule has 0 saturated heterocycles. The quantitative estimate of drug-likeness (QED) is 0.247. The molecule has 3 heterocycles. The van der Waals surface area contributed by atoms with Crippen molar-refractivity contribution in [2.45, 2.75) is 26.7 Å². The summed E-state index contributed by atoms with van der Waals surface area (Å²) in [5.74, 6) is 0.930. The van der Waals surface area contributed by atoms with Crippen molar-refractivity contribution in [1.82, 2.24) is 19.9 Å². The highest BCUT2D eigenvalue weighted by Crippen LogP contribution is 2.29. The second-order valence-electron chi connectivity index (χ2n) is 9.07. The first kappa shape index (κ1) is 26.1. The third kappa shape index (κ3) is 7.27. The lowest BCUT2D eigenvalue weighted by atomic mass is 10.0. The van der Waals surface area contributed by atoms with E-state index in [1.54, 1.807) is 23.0 Å². The van der Waals surface area contributed by atoms with Crippen molar-refractivity contribution in [3.63, 3.8) is 0 Å². The van der Waals surface area contributed by atoms with Crippen molar-refractivity contribution in [1.29, 1.82) is 0 Å². The van der Waals surface area contributed by atoms with Crippen LogP contribution in [0.4, 0.5) is 10.9 Å². The first-order valence-corrected chi connectivity index (χ1v) is 13.3. The zero-order chi connectivity index (χ0) is 26.2. The summed E-state index contributed by atoms with van der Waals surface area (Å²) in [7, 11) is 1.83. The minimum absolute atomic E-state index is 0.131. The van der Waals surface area contributed by atoms with Gasteiger partial charge in [-0.05, 0) is 47.7 Å². The standard InChI is InChI=1S/C28H32N6O2S/c1-4-19(2)8-11-29-25-15-21(9-12-30-25)20-6-5-7-22(14-20)24-18-37-28(32-24)33-26(35)16-31-27(36)23-10-13-34(3)17-23/h5-7,9-10,12-15,17-19H,4,8,11,16H2,1-3H3,(H,29,30)(H,31,36)(H,32,33,35). The van der Waals surface area contributed by atoms with E-state index in [-0.39, 0.29) is 18.4 Å². The van der Waals surface area contributed by atoms with Crippen LogP contribution in [0.5, 0.6) is 0 Å². The van der Waals surface area contributed by atoms with Gasteiger partial charge in [0.15, 0.2) is 5.13 Å². The summed E-state index contributed by atoms with van der Waals surface area (Å²) < 4.78 is 1.78. The van der Waals surface area contributed by atoms with Gasteiger partial charge in [-0.2, -0.15) is 0 Å². The number of nitrogens with zero attached hydrogens (tertiary/aromatic N) is 3. The second-order valence-corrected chi connectivity index (χ2v) is 9.93. The van der Waals surface area contributed by atoms with Crippen molar-refractivity contribution in [2.75, 3.05) is 23.7 Å². The number of hydrogen-bond acceptors (Lipinski definition) is 6. The Hall–Kier alpha value is -3.98. The van der Waals surface area contributed by atoms with Gasteiger partial charge < -0.3 is 20.5 Å². The van der Waals surface area contributed by atoms with Gasteiger partial charge in [-0.1, -0.05) is 38.5 Å². The minimum atomic E-state index is -0.330. The van der Waals surface area contributed by atoms with Crippen molar-refractivity contribution in [2.24, 2.45) is 13.0 Å². The summed E-state index contributed by atoms with van der Waals surface area (Å²) in [6.45, 7) is 5.24. The van der Waals surface area contributed by atoms with E-state index in [0.29, 0.717) is 16.6 Å².